The van der Waals surface area contributed by atoms with Gasteiger partial charge in [0.2, 0.25) is 4.80 Å². The molecule has 0 amide bonds. The number of aromatic nitrogens is 2. The SMILES string of the molecule is CN=c1scc(-c2ccccc2Br)n1/N=C/c1ccc[nH]1. The number of benzene rings is 1. The lowest BCUT2D eigenvalue weighted by molar-refractivity contribution is 0.847. The number of nitrogens with zero attached hydrogens (tertiary/aromatic N) is 3. The first kappa shape index (κ1) is 14.0. The van der Waals surface area contributed by atoms with E-state index in [2.05, 4.69) is 42.5 Å². The molecule has 0 aliphatic heterocycles. The van der Waals surface area contributed by atoms with Gasteiger partial charge < -0.3 is 4.98 Å². The smallest absolute Gasteiger partial charge is 0.205 e. The van der Waals surface area contributed by atoms with Crippen molar-refractivity contribution < 1.29 is 0 Å². The summed E-state index contributed by atoms with van der Waals surface area (Å²) in [5, 5.41) is 6.62. The Balaban J connectivity index is 2.11. The summed E-state index contributed by atoms with van der Waals surface area (Å²) < 4.78 is 2.89. The maximum absolute atomic E-state index is 4.55. The van der Waals surface area contributed by atoms with Crippen LogP contribution in [-0.4, -0.2) is 22.9 Å². The van der Waals surface area contributed by atoms with E-state index < -0.39 is 0 Å². The number of H-pyrrole nitrogens is 1. The molecule has 0 atom stereocenters. The molecule has 0 bridgehead atoms. The van der Waals surface area contributed by atoms with Crippen molar-refractivity contribution in [2.24, 2.45) is 10.1 Å². The first-order chi connectivity index (χ1) is 10.3. The summed E-state index contributed by atoms with van der Waals surface area (Å²) >= 11 is 5.16. The Kier molecular flexibility index (Phi) is 4.17. The van der Waals surface area contributed by atoms with E-state index in [0.29, 0.717) is 0 Å². The standard InChI is InChI=1S/C15H13BrN4S/c1-17-15-20(19-9-11-5-4-8-18-11)14(10-21-15)12-6-2-3-7-13(12)16/h2-10,18H,1H3/b17-15?,19-9+. The van der Waals surface area contributed by atoms with E-state index in [1.165, 1.54) is 0 Å². The zero-order valence-electron chi connectivity index (χ0n) is 11.3. The van der Waals surface area contributed by atoms with Gasteiger partial charge in [-0.25, -0.2) is 4.68 Å². The van der Waals surface area contributed by atoms with Crippen molar-refractivity contribution in [3.05, 3.63) is 62.9 Å². The average Bonchev–Trinajstić information content (AvgIpc) is 3.14. The third kappa shape index (κ3) is 2.91. The third-order valence-corrected chi connectivity index (χ3v) is 4.56. The van der Waals surface area contributed by atoms with Gasteiger partial charge in [0, 0.05) is 28.7 Å². The minimum atomic E-state index is 0.851. The summed E-state index contributed by atoms with van der Waals surface area (Å²) in [6.07, 6.45) is 3.67. The summed E-state index contributed by atoms with van der Waals surface area (Å²) in [5.41, 5.74) is 3.05. The van der Waals surface area contributed by atoms with Crippen LogP contribution in [-0.2, 0) is 0 Å². The fourth-order valence-corrected chi connectivity index (χ4v) is 3.24. The molecular weight excluding hydrogens is 348 g/mol. The predicted octanol–water partition coefficient (Wildman–Crippen LogP) is 3.72. The molecule has 1 N–H and O–H groups in total. The Morgan fingerprint density at radius 2 is 2.10 bits per heavy atom. The van der Waals surface area contributed by atoms with Gasteiger partial charge in [-0.1, -0.05) is 34.1 Å². The zero-order valence-corrected chi connectivity index (χ0v) is 13.7. The molecule has 3 aromatic rings. The summed E-state index contributed by atoms with van der Waals surface area (Å²) in [6.45, 7) is 0. The molecule has 1 aromatic carbocycles. The molecule has 0 fully saturated rings. The van der Waals surface area contributed by atoms with Crippen LogP contribution in [0, 0.1) is 0 Å². The lowest BCUT2D eigenvalue weighted by Crippen LogP contribution is -2.11. The number of nitrogens with one attached hydrogen (secondary N) is 1. The van der Waals surface area contributed by atoms with Crippen LogP contribution in [0.2, 0.25) is 0 Å². The van der Waals surface area contributed by atoms with Crippen LogP contribution in [0.3, 0.4) is 0 Å². The predicted molar refractivity (Wildman–Crippen MR) is 90.7 cm³/mol. The molecule has 0 radical (unpaired) electrons. The van der Waals surface area contributed by atoms with Gasteiger partial charge in [-0.05, 0) is 18.2 Å². The highest BCUT2D eigenvalue weighted by molar-refractivity contribution is 9.10. The van der Waals surface area contributed by atoms with Gasteiger partial charge in [0.25, 0.3) is 0 Å². The number of hydrogen-bond acceptors (Lipinski definition) is 3. The van der Waals surface area contributed by atoms with Crippen LogP contribution in [0.1, 0.15) is 5.69 Å². The molecule has 4 nitrogen and oxygen atoms in total. The van der Waals surface area contributed by atoms with E-state index in [1.54, 1.807) is 24.6 Å². The van der Waals surface area contributed by atoms with E-state index in [9.17, 15) is 0 Å². The fourth-order valence-electron chi connectivity index (χ4n) is 1.96. The quantitative estimate of drug-likeness (QED) is 0.692. The second-order valence-electron chi connectivity index (χ2n) is 4.29. The van der Waals surface area contributed by atoms with Gasteiger partial charge in [0.15, 0.2) is 0 Å². The number of aromatic amines is 1. The Morgan fingerprint density at radius 3 is 2.81 bits per heavy atom. The van der Waals surface area contributed by atoms with Crippen LogP contribution >= 0.6 is 27.3 Å². The highest BCUT2D eigenvalue weighted by Gasteiger charge is 2.09. The zero-order chi connectivity index (χ0) is 14.7. The Hall–Kier alpha value is -1.92. The highest BCUT2D eigenvalue weighted by Crippen LogP contribution is 2.28. The Morgan fingerprint density at radius 1 is 1.24 bits per heavy atom. The molecule has 106 valence electrons. The van der Waals surface area contributed by atoms with Crippen molar-refractivity contribution in [2.75, 3.05) is 7.05 Å². The monoisotopic (exact) mass is 360 g/mol. The Bertz CT molecular complexity index is 827. The van der Waals surface area contributed by atoms with Crippen molar-refractivity contribution >= 4 is 33.5 Å². The van der Waals surface area contributed by atoms with E-state index in [-0.39, 0.29) is 0 Å². The molecule has 0 spiro atoms. The van der Waals surface area contributed by atoms with Crippen LogP contribution in [0.4, 0.5) is 0 Å². The highest BCUT2D eigenvalue weighted by atomic mass is 79.9. The number of halogens is 1. The van der Waals surface area contributed by atoms with Gasteiger partial charge in [-0.15, -0.1) is 11.3 Å². The van der Waals surface area contributed by atoms with Gasteiger partial charge >= 0.3 is 0 Å². The number of hydrogen-bond donors (Lipinski definition) is 1. The molecule has 3 rings (SSSR count). The van der Waals surface area contributed by atoms with Crippen molar-refractivity contribution in [1.82, 2.24) is 9.66 Å². The molecule has 21 heavy (non-hydrogen) atoms. The van der Waals surface area contributed by atoms with Crippen molar-refractivity contribution in [1.29, 1.82) is 0 Å². The van der Waals surface area contributed by atoms with Crippen LogP contribution in [0.15, 0.2) is 62.5 Å². The topological polar surface area (TPSA) is 45.4 Å². The van der Waals surface area contributed by atoms with Gasteiger partial charge in [0.1, 0.15) is 0 Å². The second-order valence-corrected chi connectivity index (χ2v) is 5.98. The molecule has 6 heteroatoms. The van der Waals surface area contributed by atoms with Crippen molar-refractivity contribution in [2.45, 2.75) is 0 Å². The minimum Gasteiger partial charge on any atom is -0.360 e. The van der Waals surface area contributed by atoms with E-state index in [1.807, 2.05) is 41.2 Å². The minimum absolute atomic E-state index is 0.851. The molecule has 0 aliphatic carbocycles. The van der Waals surface area contributed by atoms with Gasteiger partial charge in [-0.3, -0.25) is 4.99 Å². The number of thiazole rings is 1. The molecule has 0 saturated carbocycles. The lowest BCUT2D eigenvalue weighted by Gasteiger charge is -2.05. The third-order valence-electron chi connectivity index (χ3n) is 2.96. The fraction of sp³-hybridized carbons (Fsp3) is 0.0667. The normalized spacial score (nSPS) is 12.4. The number of rotatable bonds is 3. The van der Waals surface area contributed by atoms with E-state index in [4.69, 9.17) is 0 Å². The first-order valence-electron chi connectivity index (χ1n) is 6.35. The summed E-state index contributed by atoms with van der Waals surface area (Å²) in [5.74, 6) is 0. The van der Waals surface area contributed by atoms with Gasteiger partial charge in [-0.2, -0.15) is 5.10 Å². The second kappa shape index (κ2) is 6.24. The molecule has 2 aromatic heterocycles. The van der Waals surface area contributed by atoms with Crippen molar-refractivity contribution in [3.63, 3.8) is 0 Å². The van der Waals surface area contributed by atoms with Crippen LogP contribution in [0.5, 0.6) is 0 Å². The van der Waals surface area contributed by atoms with E-state index >= 15 is 0 Å². The maximum atomic E-state index is 4.55. The van der Waals surface area contributed by atoms with Crippen molar-refractivity contribution in [3.8, 4) is 11.3 Å². The summed E-state index contributed by atoms with van der Waals surface area (Å²) in [7, 11) is 1.77. The maximum Gasteiger partial charge on any atom is 0.205 e. The van der Waals surface area contributed by atoms with Gasteiger partial charge in [0.05, 0.1) is 17.6 Å². The summed E-state index contributed by atoms with van der Waals surface area (Å²) in [4.78, 5) is 8.25. The summed E-state index contributed by atoms with van der Waals surface area (Å²) in [6, 6.07) is 12.0. The van der Waals surface area contributed by atoms with Crippen LogP contribution in [0.25, 0.3) is 11.3 Å². The molecule has 0 saturated heterocycles. The lowest BCUT2D eigenvalue weighted by atomic mass is 10.2. The largest absolute Gasteiger partial charge is 0.360 e. The Labute approximate surface area is 134 Å². The molecule has 2 heterocycles. The van der Waals surface area contributed by atoms with Crippen LogP contribution < -0.4 is 4.80 Å². The average molecular weight is 361 g/mol. The molecule has 0 unspecified atom stereocenters. The molecule has 0 aliphatic rings. The van der Waals surface area contributed by atoms with E-state index in [0.717, 1.165) is 26.2 Å². The molecular formula is C15H13BrN4S. The first-order valence-corrected chi connectivity index (χ1v) is 8.03.